The maximum atomic E-state index is 13.1. The Morgan fingerprint density at radius 2 is 1.90 bits per heavy atom. The first-order valence-electron chi connectivity index (χ1n) is 13.2. The van der Waals surface area contributed by atoms with Gasteiger partial charge in [-0.25, -0.2) is 19.3 Å². The number of carbonyl (C=O) groups excluding carboxylic acids is 1. The molecule has 0 saturated carbocycles. The van der Waals surface area contributed by atoms with Crippen LogP contribution in [0.5, 0.6) is 0 Å². The molecule has 0 bridgehead atoms. The molecule has 10 nitrogen and oxygen atoms in total. The van der Waals surface area contributed by atoms with Crippen LogP contribution in [0.1, 0.15) is 52.0 Å². The summed E-state index contributed by atoms with van der Waals surface area (Å²) in [6.45, 7) is 7.44. The summed E-state index contributed by atoms with van der Waals surface area (Å²) in [4.78, 5) is 37.2. The Hall–Kier alpha value is -4.47. The summed E-state index contributed by atoms with van der Waals surface area (Å²) in [6.07, 6.45) is 5.26. The van der Waals surface area contributed by atoms with Gasteiger partial charge < -0.3 is 20.2 Å². The van der Waals surface area contributed by atoms with E-state index in [0.29, 0.717) is 18.7 Å². The molecule has 1 aromatic carbocycles. The number of benzene rings is 1. The van der Waals surface area contributed by atoms with E-state index in [1.54, 1.807) is 16.6 Å². The fraction of sp³-hybridized carbons (Fsp3) is 0.345. The average Bonchev–Trinajstić information content (AvgIpc) is 3.68. The number of nitrogens with zero attached hydrogens (tertiary/aromatic N) is 6. The van der Waals surface area contributed by atoms with Crippen molar-refractivity contribution in [3.05, 3.63) is 83.6 Å². The second kappa shape index (κ2) is 9.68. The molecule has 39 heavy (non-hydrogen) atoms. The molecule has 2 aliphatic rings. The molecule has 1 unspecified atom stereocenters. The van der Waals surface area contributed by atoms with Gasteiger partial charge in [-0.05, 0) is 49.1 Å². The van der Waals surface area contributed by atoms with Crippen molar-refractivity contribution >= 4 is 28.9 Å². The highest BCUT2D eigenvalue weighted by Gasteiger charge is 2.35. The van der Waals surface area contributed by atoms with E-state index >= 15 is 0 Å². The van der Waals surface area contributed by atoms with Gasteiger partial charge in [-0.1, -0.05) is 37.3 Å². The molecule has 5 heterocycles. The van der Waals surface area contributed by atoms with Crippen molar-refractivity contribution < 1.29 is 14.7 Å². The van der Waals surface area contributed by atoms with Gasteiger partial charge in [0.2, 0.25) is 5.82 Å². The Bertz CT molecular complexity index is 1550. The largest absolute Gasteiger partial charge is 0.477 e. The number of fused-ring (bicyclic) bond motifs is 1. The summed E-state index contributed by atoms with van der Waals surface area (Å²) >= 11 is 0. The molecule has 2 fully saturated rings. The smallest absolute Gasteiger partial charge is 0.354 e. The van der Waals surface area contributed by atoms with Crippen LogP contribution >= 0.6 is 0 Å². The van der Waals surface area contributed by atoms with Gasteiger partial charge in [0, 0.05) is 49.5 Å². The number of nitrogens with one attached hydrogen (secondary N) is 1. The van der Waals surface area contributed by atoms with Gasteiger partial charge in [0.05, 0.1) is 11.9 Å². The second-order valence-electron chi connectivity index (χ2n) is 10.8. The number of carboxylic acid groups (broad SMARTS) is 1. The molecular weight excluding hydrogens is 494 g/mol. The predicted octanol–water partition coefficient (Wildman–Crippen LogP) is 3.31. The van der Waals surface area contributed by atoms with Gasteiger partial charge in [0.1, 0.15) is 5.69 Å². The minimum absolute atomic E-state index is 0.00208. The average molecular weight is 526 g/mol. The topological polar surface area (TPSA) is 116 Å². The van der Waals surface area contributed by atoms with Gasteiger partial charge in [0.15, 0.2) is 5.65 Å². The number of aromatic carboxylic acids is 1. The van der Waals surface area contributed by atoms with Crippen LogP contribution in [-0.4, -0.2) is 68.8 Å². The van der Waals surface area contributed by atoms with Crippen LogP contribution in [0, 0.1) is 6.92 Å². The molecule has 0 aliphatic carbocycles. The van der Waals surface area contributed by atoms with Crippen LogP contribution in [-0.2, 0) is 5.41 Å². The Labute approximate surface area is 226 Å². The molecule has 2 N–H and O–H groups in total. The Balaban J connectivity index is 1.15. The SMILES string of the molecule is Cc1cc(N2CC[C@](C)(c3ccccc3)C2)cn2nc(C(=O)NC3CCN(c4ccnc(C(=O)O)c4)C3)nc12. The molecule has 6 rings (SSSR count). The standard InChI is InChI=1S/C29H31N7O3/c1-19-14-23(35-13-10-29(2,18-35)20-6-4-3-5-7-20)17-36-26(19)32-25(33-36)27(37)31-21-9-12-34(16-21)22-8-11-30-24(15-22)28(38)39/h3-8,11,14-15,17,21H,9-10,12-13,16,18H2,1-2H3,(H,31,37)(H,38,39)/t21?,29-/m0/s1. The molecule has 1 amide bonds. The van der Waals surface area contributed by atoms with Gasteiger partial charge in [-0.3, -0.25) is 4.79 Å². The fourth-order valence-corrected chi connectivity index (χ4v) is 5.75. The molecule has 2 saturated heterocycles. The number of carbonyl (C=O) groups is 2. The van der Waals surface area contributed by atoms with Gasteiger partial charge in [-0.15, -0.1) is 5.10 Å². The van der Waals surface area contributed by atoms with E-state index in [1.165, 1.54) is 11.8 Å². The summed E-state index contributed by atoms with van der Waals surface area (Å²) in [5, 5.41) is 16.8. The zero-order valence-electron chi connectivity index (χ0n) is 22.0. The fourth-order valence-electron chi connectivity index (χ4n) is 5.75. The summed E-state index contributed by atoms with van der Waals surface area (Å²) in [5.41, 5.74) is 4.91. The minimum atomic E-state index is -1.06. The number of hydrogen-bond donors (Lipinski definition) is 2. The van der Waals surface area contributed by atoms with E-state index in [1.807, 2.05) is 18.0 Å². The molecule has 3 aromatic heterocycles. The Morgan fingerprint density at radius 1 is 1.08 bits per heavy atom. The van der Waals surface area contributed by atoms with E-state index < -0.39 is 5.97 Å². The van der Waals surface area contributed by atoms with Crippen molar-refractivity contribution in [2.24, 2.45) is 0 Å². The van der Waals surface area contributed by atoms with Crippen molar-refractivity contribution in [2.45, 2.75) is 38.1 Å². The van der Waals surface area contributed by atoms with Crippen molar-refractivity contribution in [2.75, 3.05) is 36.0 Å². The summed E-state index contributed by atoms with van der Waals surface area (Å²) in [5.74, 6) is -1.24. The van der Waals surface area contributed by atoms with Crippen molar-refractivity contribution in [1.82, 2.24) is 24.9 Å². The molecule has 10 heteroatoms. The normalized spacial score (nSPS) is 21.0. The lowest BCUT2D eigenvalue weighted by Crippen LogP contribution is -2.37. The number of anilines is 2. The number of pyridine rings is 2. The Kier molecular flexibility index (Phi) is 6.17. The Morgan fingerprint density at radius 3 is 2.69 bits per heavy atom. The molecule has 4 aromatic rings. The monoisotopic (exact) mass is 525 g/mol. The molecule has 2 aliphatic heterocycles. The first-order valence-corrected chi connectivity index (χ1v) is 13.2. The lowest BCUT2D eigenvalue weighted by molar-refractivity contribution is 0.0690. The van der Waals surface area contributed by atoms with Crippen molar-refractivity contribution in [3.63, 3.8) is 0 Å². The van der Waals surface area contributed by atoms with Crippen LogP contribution in [0.2, 0.25) is 0 Å². The van der Waals surface area contributed by atoms with Crippen LogP contribution in [0.15, 0.2) is 60.9 Å². The first kappa shape index (κ1) is 24.8. The third-order valence-electron chi connectivity index (χ3n) is 7.97. The van der Waals surface area contributed by atoms with Crippen molar-refractivity contribution in [1.29, 1.82) is 0 Å². The van der Waals surface area contributed by atoms with Crippen LogP contribution < -0.4 is 15.1 Å². The number of amides is 1. The highest BCUT2D eigenvalue weighted by Crippen LogP contribution is 2.36. The summed E-state index contributed by atoms with van der Waals surface area (Å²) in [7, 11) is 0. The van der Waals surface area contributed by atoms with Gasteiger partial charge in [0.25, 0.3) is 5.91 Å². The second-order valence-corrected chi connectivity index (χ2v) is 10.8. The molecular formula is C29H31N7O3. The zero-order chi connectivity index (χ0) is 27.1. The number of rotatable bonds is 6. The lowest BCUT2D eigenvalue weighted by Gasteiger charge is -2.26. The summed E-state index contributed by atoms with van der Waals surface area (Å²) in [6, 6.07) is 16.0. The number of aromatic nitrogens is 4. The number of carboxylic acids is 1. The molecule has 0 radical (unpaired) electrons. The highest BCUT2D eigenvalue weighted by molar-refractivity contribution is 5.91. The van der Waals surface area contributed by atoms with E-state index in [9.17, 15) is 14.7 Å². The van der Waals surface area contributed by atoms with E-state index in [4.69, 9.17) is 0 Å². The van der Waals surface area contributed by atoms with E-state index in [-0.39, 0.29) is 28.9 Å². The minimum Gasteiger partial charge on any atom is -0.477 e. The van der Waals surface area contributed by atoms with Crippen molar-refractivity contribution in [3.8, 4) is 0 Å². The molecule has 2 atom stereocenters. The van der Waals surface area contributed by atoms with Gasteiger partial charge in [-0.2, -0.15) is 0 Å². The first-order chi connectivity index (χ1) is 18.8. The highest BCUT2D eigenvalue weighted by atomic mass is 16.4. The van der Waals surface area contributed by atoms with E-state index in [2.05, 4.69) is 68.6 Å². The summed E-state index contributed by atoms with van der Waals surface area (Å²) < 4.78 is 1.71. The van der Waals surface area contributed by atoms with Crippen LogP contribution in [0.3, 0.4) is 0 Å². The zero-order valence-corrected chi connectivity index (χ0v) is 22.0. The predicted molar refractivity (Wildman–Crippen MR) is 148 cm³/mol. The molecule has 0 spiro atoms. The van der Waals surface area contributed by atoms with Gasteiger partial charge >= 0.3 is 5.97 Å². The molecule has 200 valence electrons. The van der Waals surface area contributed by atoms with Crippen LogP contribution in [0.4, 0.5) is 11.4 Å². The lowest BCUT2D eigenvalue weighted by atomic mass is 9.82. The number of aryl methyl sites for hydroxylation is 1. The maximum Gasteiger partial charge on any atom is 0.354 e. The van der Waals surface area contributed by atoms with Crippen LogP contribution in [0.25, 0.3) is 5.65 Å². The third kappa shape index (κ3) is 4.78. The van der Waals surface area contributed by atoms with E-state index in [0.717, 1.165) is 42.9 Å². The third-order valence-corrected chi connectivity index (χ3v) is 7.97. The number of hydrogen-bond acceptors (Lipinski definition) is 7. The maximum absolute atomic E-state index is 13.1. The quantitative estimate of drug-likeness (QED) is 0.394.